The molecule has 0 spiro atoms. The number of aromatic nitrogens is 5. The van der Waals surface area contributed by atoms with Gasteiger partial charge in [-0.15, -0.1) is 5.10 Å². The Labute approximate surface area is 101 Å². The maximum Gasteiger partial charge on any atom is 0.183 e. The molecule has 2 heterocycles. The van der Waals surface area contributed by atoms with Crippen LogP contribution in [0.5, 0.6) is 0 Å². The predicted octanol–water partition coefficient (Wildman–Crippen LogP) is 1.38. The van der Waals surface area contributed by atoms with E-state index in [4.69, 9.17) is 0 Å². The molecule has 2 rings (SSSR count). The molecule has 6 nitrogen and oxygen atoms in total. The minimum atomic E-state index is 0.784. The fourth-order valence-corrected chi connectivity index (χ4v) is 1.94. The third-order valence-electron chi connectivity index (χ3n) is 2.66. The first-order valence-electron chi connectivity index (χ1n) is 6.03. The van der Waals surface area contributed by atoms with Gasteiger partial charge in [0.2, 0.25) is 0 Å². The number of hydrogen-bond donors (Lipinski definition) is 0. The highest BCUT2D eigenvalue weighted by atomic mass is 15.4. The number of rotatable bonds is 5. The van der Waals surface area contributed by atoms with Crippen molar-refractivity contribution in [2.24, 2.45) is 7.05 Å². The SMILES string of the molecule is CCCN(CCC)c1ncnc2c1nnn2C. The van der Waals surface area contributed by atoms with Gasteiger partial charge in [0.15, 0.2) is 17.0 Å². The summed E-state index contributed by atoms with van der Waals surface area (Å²) in [5.41, 5.74) is 1.57. The van der Waals surface area contributed by atoms with Crippen LogP contribution in [0.15, 0.2) is 6.33 Å². The zero-order chi connectivity index (χ0) is 12.3. The second kappa shape index (κ2) is 5.07. The largest absolute Gasteiger partial charge is 0.355 e. The maximum absolute atomic E-state index is 4.36. The maximum atomic E-state index is 4.36. The lowest BCUT2D eigenvalue weighted by atomic mass is 10.3. The summed E-state index contributed by atoms with van der Waals surface area (Å²) in [5.74, 6) is 0.895. The topological polar surface area (TPSA) is 59.7 Å². The van der Waals surface area contributed by atoms with Crippen LogP contribution in [0, 0.1) is 0 Å². The summed E-state index contributed by atoms with van der Waals surface area (Å²) in [6, 6.07) is 0. The normalized spacial score (nSPS) is 11.0. The number of hydrogen-bond acceptors (Lipinski definition) is 5. The number of nitrogens with zero attached hydrogens (tertiary/aromatic N) is 6. The van der Waals surface area contributed by atoms with E-state index in [1.54, 1.807) is 11.0 Å². The molecule has 0 N–H and O–H groups in total. The van der Waals surface area contributed by atoms with Crippen molar-refractivity contribution >= 4 is 17.0 Å². The Morgan fingerprint density at radius 1 is 1.18 bits per heavy atom. The monoisotopic (exact) mass is 234 g/mol. The number of aryl methyl sites for hydroxylation is 1. The van der Waals surface area contributed by atoms with Gasteiger partial charge in [-0.05, 0) is 12.8 Å². The van der Waals surface area contributed by atoms with Crippen molar-refractivity contribution in [1.29, 1.82) is 0 Å². The van der Waals surface area contributed by atoms with Gasteiger partial charge in [-0.1, -0.05) is 19.1 Å². The van der Waals surface area contributed by atoms with Crippen molar-refractivity contribution in [3.63, 3.8) is 0 Å². The van der Waals surface area contributed by atoms with Gasteiger partial charge in [0.1, 0.15) is 6.33 Å². The first-order chi connectivity index (χ1) is 8.27. The summed E-state index contributed by atoms with van der Waals surface area (Å²) >= 11 is 0. The fraction of sp³-hybridized carbons (Fsp3) is 0.636. The van der Waals surface area contributed by atoms with Gasteiger partial charge in [0, 0.05) is 20.1 Å². The minimum absolute atomic E-state index is 0.784. The third kappa shape index (κ3) is 2.20. The summed E-state index contributed by atoms with van der Waals surface area (Å²) in [7, 11) is 1.84. The molecule has 17 heavy (non-hydrogen) atoms. The lowest BCUT2D eigenvalue weighted by Gasteiger charge is -2.22. The van der Waals surface area contributed by atoms with Crippen molar-refractivity contribution < 1.29 is 0 Å². The molecule has 0 fully saturated rings. The number of anilines is 1. The average molecular weight is 234 g/mol. The summed E-state index contributed by atoms with van der Waals surface area (Å²) in [5, 5.41) is 8.15. The summed E-state index contributed by atoms with van der Waals surface area (Å²) < 4.78 is 1.68. The van der Waals surface area contributed by atoms with E-state index in [1.165, 1.54) is 0 Å². The van der Waals surface area contributed by atoms with E-state index in [2.05, 4.69) is 39.0 Å². The van der Waals surface area contributed by atoms with Crippen LogP contribution in [0.3, 0.4) is 0 Å². The van der Waals surface area contributed by atoms with Gasteiger partial charge in [-0.2, -0.15) is 0 Å². The van der Waals surface area contributed by atoms with E-state index in [0.717, 1.165) is 42.9 Å². The van der Waals surface area contributed by atoms with E-state index >= 15 is 0 Å². The summed E-state index contributed by atoms with van der Waals surface area (Å²) in [6.07, 6.45) is 3.76. The molecule has 0 aliphatic rings. The zero-order valence-electron chi connectivity index (χ0n) is 10.6. The van der Waals surface area contributed by atoms with Crippen LogP contribution in [0.25, 0.3) is 11.2 Å². The average Bonchev–Trinajstić information content (AvgIpc) is 2.71. The zero-order valence-corrected chi connectivity index (χ0v) is 10.6. The Hall–Kier alpha value is -1.72. The Kier molecular flexibility index (Phi) is 3.51. The molecule has 2 aromatic heterocycles. The van der Waals surface area contributed by atoms with E-state index in [1.807, 2.05) is 7.05 Å². The molecule has 0 saturated heterocycles. The Balaban J connectivity index is 2.44. The van der Waals surface area contributed by atoms with Crippen LogP contribution in [-0.2, 0) is 7.05 Å². The second-order valence-corrected chi connectivity index (χ2v) is 4.07. The first kappa shape index (κ1) is 11.8. The highest BCUT2D eigenvalue weighted by Crippen LogP contribution is 2.20. The highest BCUT2D eigenvalue weighted by Gasteiger charge is 2.14. The molecule has 0 amide bonds. The van der Waals surface area contributed by atoms with Crippen LogP contribution in [-0.4, -0.2) is 38.1 Å². The molecule has 0 unspecified atom stereocenters. The van der Waals surface area contributed by atoms with Gasteiger partial charge in [-0.3, -0.25) is 0 Å². The van der Waals surface area contributed by atoms with Crippen LogP contribution in [0.4, 0.5) is 5.82 Å². The minimum Gasteiger partial charge on any atom is -0.355 e. The second-order valence-electron chi connectivity index (χ2n) is 4.07. The van der Waals surface area contributed by atoms with Crippen molar-refractivity contribution in [1.82, 2.24) is 25.0 Å². The Morgan fingerprint density at radius 3 is 2.53 bits per heavy atom. The van der Waals surface area contributed by atoms with Crippen LogP contribution < -0.4 is 4.90 Å². The van der Waals surface area contributed by atoms with Gasteiger partial charge < -0.3 is 4.90 Å². The highest BCUT2D eigenvalue weighted by molar-refractivity contribution is 5.82. The molecule has 0 saturated carbocycles. The molecule has 2 aromatic rings. The summed E-state index contributed by atoms with van der Waals surface area (Å²) in [6.45, 7) is 6.29. The third-order valence-corrected chi connectivity index (χ3v) is 2.66. The molecular formula is C11H18N6. The molecule has 0 aliphatic carbocycles. The fourth-order valence-electron chi connectivity index (χ4n) is 1.94. The van der Waals surface area contributed by atoms with Crippen molar-refractivity contribution in [3.8, 4) is 0 Å². The molecule has 0 aliphatic heterocycles. The van der Waals surface area contributed by atoms with Crippen LogP contribution >= 0.6 is 0 Å². The Bertz CT molecular complexity index is 486. The molecule has 0 radical (unpaired) electrons. The van der Waals surface area contributed by atoms with Gasteiger partial charge in [-0.25, -0.2) is 14.6 Å². The van der Waals surface area contributed by atoms with Crippen molar-refractivity contribution in [2.45, 2.75) is 26.7 Å². The van der Waals surface area contributed by atoms with Crippen LogP contribution in [0.2, 0.25) is 0 Å². The molecule has 0 atom stereocenters. The van der Waals surface area contributed by atoms with Crippen molar-refractivity contribution in [3.05, 3.63) is 6.33 Å². The van der Waals surface area contributed by atoms with E-state index in [9.17, 15) is 0 Å². The lowest BCUT2D eigenvalue weighted by Crippen LogP contribution is -2.26. The van der Waals surface area contributed by atoms with Gasteiger partial charge in [0.05, 0.1) is 0 Å². The van der Waals surface area contributed by atoms with E-state index < -0.39 is 0 Å². The molecule has 0 aromatic carbocycles. The van der Waals surface area contributed by atoms with Crippen molar-refractivity contribution in [2.75, 3.05) is 18.0 Å². The molecule has 92 valence electrons. The molecule has 0 bridgehead atoms. The van der Waals surface area contributed by atoms with E-state index in [-0.39, 0.29) is 0 Å². The van der Waals surface area contributed by atoms with Crippen LogP contribution in [0.1, 0.15) is 26.7 Å². The standard InChI is InChI=1S/C11H18N6/c1-4-6-17(7-5-2)11-9-10(12-8-13-11)16(3)15-14-9/h8H,4-7H2,1-3H3. The lowest BCUT2D eigenvalue weighted by molar-refractivity contribution is 0.729. The Morgan fingerprint density at radius 2 is 1.88 bits per heavy atom. The summed E-state index contributed by atoms with van der Waals surface area (Å²) in [4.78, 5) is 10.8. The van der Waals surface area contributed by atoms with Gasteiger partial charge in [0.25, 0.3) is 0 Å². The van der Waals surface area contributed by atoms with E-state index in [0.29, 0.717) is 0 Å². The molecule has 6 heteroatoms. The van der Waals surface area contributed by atoms with Gasteiger partial charge >= 0.3 is 0 Å². The molecular weight excluding hydrogens is 216 g/mol. The smallest absolute Gasteiger partial charge is 0.183 e. The quantitative estimate of drug-likeness (QED) is 0.782. The first-order valence-corrected chi connectivity index (χ1v) is 6.03. The number of fused-ring (bicyclic) bond motifs is 1. The predicted molar refractivity (Wildman–Crippen MR) is 66.9 cm³/mol.